The zero-order chi connectivity index (χ0) is 11.7. The fourth-order valence-electron chi connectivity index (χ4n) is 2.25. The highest BCUT2D eigenvalue weighted by molar-refractivity contribution is 7.99. The Morgan fingerprint density at radius 1 is 1.24 bits per heavy atom. The molecule has 0 radical (unpaired) electrons. The molecule has 0 aliphatic heterocycles. The van der Waals surface area contributed by atoms with Gasteiger partial charge >= 0.3 is 0 Å². The SMILES string of the molecule is OC1CCCCC1Sc1nnc2ccccn12. The standard InChI is InChI=1S/C12H15N3OS/c16-9-5-1-2-6-10(9)17-12-14-13-11-7-3-4-8-15(11)12/h3-4,7-10,16H,1-2,5-6H2. The molecule has 0 amide bonds. The third kappa shape index (κ3) is 2.17. The smallest absolute Gasteiger partial charge is 0.195 e. The molecule has 2 aromatic heterocycles. The largest absolute Gasteiger partial charge is 0.392 e. The zero-order valence-electron chi connectivity index (χ0n) is 9.49. The molecule has 2 aromatic rings. The van der Waals surface area contributed by atoms with E-state index in [1.807, 2.05) is 28.8 Å². The molecule has 0 bridgehead atoms. The van der Waals surface area contributed by atoms with E-state index in [2.05, 4.69) is 10.2 Å². The number of rotatable bonds is 2. The summed E-state index contributed by atoms with van der Waals surface area (Å²) in [5.74, 6) is 0. The summed E-state index contributed by atoms with van der Waals surface area (Å²) >= 11 is 1.65. The van der Waals surface area contributed by atoms with Crippen molar-refractivity contribution in [2.75, 3.05) is 0 Å². The van der Waals surface area contributed by atoms with E-state index in [0.717, 1.165) is 30.1 Å². The van der Waals surface area contributed by atoms with Crippen molar-refractivity contribution >= 4 is 17.4 Å². The quantitative estimate of drug-likeness (QED) is 0.885. The first-order valence-electron chi connectivity index (χ1n) is 5.99. The van der Waals surface area contributed by atoms with E-state index >= 15 is 0 Å². The van der Waals surface area contributed by atoms with Crippen LogP contribution in [0.4, 0.5) is 0 Å². The van der Waals surface area contributed by atoms with E-state index < -0.39 is 0 Å². The van der Waals surface area contributed by atoms with Crippen LogP contribution in [0, 0.1) is 0 Å². The summed E-state index contributed by atoms with van der Waals surface area (Å²) in [5, 5.41) is 19.4. The molecule has 2 unspecified atom stereocenters. The van der Waals surface area contributed by atoms with Gasteiger partial charge in [0.2, 0.25) is 0 Å². The first kappa shape index (κ1) is 11.0. The van der Waals surface area contributed by atoms with E-state index in [4.69, 9.17) is 0 Å². The normalized spacial score (nSPS) is 25.2. The molecule has 2 heterocycles. The Morgan fingerprint density at radius 3 is 3.00 bits per heavy atom. The van der Waals surface area contributed by atoms with E-state index in [9.17, 15) is 5.11 Å². The zero-order valence-corrected chi connectivity index (χ0v) is 10.3. The molecule has 3 rings (SSSR count). The van der Waals surface area contributed by atoms with E-state index in [1.165, 1.54) is 6.42 Å². The lowest BCUT2D eigenvalue weighted by Gasteiger charge is -2.26. The van der Waals surface area contributed by atoms with Gasteiger partial charge in [-0.1, -0.05) is 30.7 Å². The summed E-state index contributed by atoms with van der Waals surface area (Å²) in [6.07, 6.45) is 6.07. The monoisotopic (exact) mass is 249 g/mol. The van der Waals surface area contributed by atoms with Gasteiger partial charge in [-0.05, 0) is 25.0 Å². The number of aliphatic hydroxyl groups excluding tert-OH is 1. The minimum absolute atomic E-state index is 0.204. The number of pyridine rings is 1. The Morgan fingerprint density at radius 2 is 2.12 bits per heavy atom. The van der Waals surface area contributed by atoms with Crippen molar-refractivity contribution < 1.29 is 5.11 Å². The van der Waals surface area contributed by atoms with Crippen LogP contribution in [0.25, 0.3) is 5.65 Å². The highest BCUT2D eigenvalue weighted by Crippen LogP contribution is 2.32. The number of aliphatic hydroxyl groups is 1. The van der Waals surface area contributed by atoms with E-state index in [1.54, 1.807) is 11.8 Å². The van der Waals surface area contributed by atoms with E-state index in [0.29, 0.717) is 0 Å². The summed E-state index contributed by atoms with van der Waals surface area (Å²) in [4.78, 5) is 0. The van der Waals surface area contributed by atoms with Crippen LogP contribution in [0.3, 0.4) is 0 Å². The molecule has 0 spiro atoms. The van der Waals surface area contributed by atoms with Crippen molar-refractivity contribution in [1.82, 2.24) is 14.6 Å². The highest BCUT2D eigenvalue weighted by atomic mass is 32.2. The van der Waals surface area contributed by atoms with Crippen LogP contribution in [0.2, 0.25) is 0 Å². The maximum Gasteiger partial charge on any atom is 0.195 e. The van der Waals surface area contributed by atoms with Gasteiger partial charge < -0.3 is 5.11 Å². The van der Waals surface area contributed by atoms with Crippen LogP contribution >= 0.6 is 11.8 Å². The third-order valence-corrected chi connectivity index (χ3v) is 4.55. The molecule has 1 saturated carbocycles. The van der Waals surface area contributed by atoms with Crippen molar-refractivity contribution in [1.29, 1.82) is 0 Å². The van der Waals surface area contributed by atoms with Crippen molar-refractivity contribution in [2.24, 2.45) is 0 Å². The number of thioether (sulfide) groups is 1. The molecule has 0 saturated heterocycles. The van der Waals surface area contributed by atoms with Crippen LogP contribution in [0.15, 0.2) is 29.6 Å². The molecule has 2 atom stereocenters. The molecule has 1 N–H and O–H groups in total. The minimum Gasteiger partial charge on any atom is -0.392 e. The Kier molecular flexibility index (Phi) is 3.03. The minimum atomic E-state index is -0.204. The Hall–Kier alpha value is -1.07. The number of hydrogen-bond donors (Lipinski definition) is 1. The predicted molar refractivity (Wildman–Crippen MR) is 67.1 cm³/mol. The summed E-state index contributed by atoms with van der Waals surface area (Å²) in [6.45, 7) is 0. The Labute approximate surface area is 104 Å². The molecule has 90 valence electrons. The van der Waals surface area contributed by atoms with Crippen molar-refractivity contribution in [2.45, 2.75) is 42.2 Å². The van der Waals surface area contributed by atoms with Gasteiger partial charge in [0.05, 0.1) is 6.10 Å². The first-order valence-corrected chi connectivity index (χ1v) is 6.87. The van der Waals surface area contributed by atoms with Gasteiger partial charge in [0.25, 0.3) is 0 Å². The van der Waals surface area contributed by atoms with Gasteiger partial charge in [-0.3, -0.25) is 4.40 Å². The lowest BCUT2D eigenvalue weighted by atomic mass is 9.97. The number of hydrogen-bond acceptors (Lipinski definition) is 4. The summed E-state index contributed by atoms with van der Waals surface area (Å²) < 4.78 is 1.98. The summed E-state index contributed by atoms with van der Waals surface area (Å²) in [6, 6.07) is 5.86. The second kappa shape index (κ2) is 4.66. The van der Waals surface area contributed by atoms with Crippen molar-refractivity contribution in [3.63, 3.8) is 0 Å². The predicted octanol–water partition coefficient (Wildman–Crippen LogP) is 2.12. The van der Waals surface area contributed by atoms with Crippen molar-refractivity contribution in [3.8, 4) is 0 Å². The summed E-state index contributed by atoms with van der Waals surface area (Å²) in [5.41, 5.74) is 0.861. The fraction of sp³-hybridized carbons (Fsp3) is 0.500. The molecule has 1 aliphatic rings. The molecule has 1 aliphatic carbocycles. The third-order valence-electron chi connectivity index (χ3n) is 3.21. The number of fused-ring (bicyclic) bond motifs is 1. The second-order valence-electron chi connectivity index (χ2n) is 4.42. The molecule has 17 heavy (non-hydrogen) atoms. The molecule has 1 fully saturated rings. The lowest BCUT2D eigenvalue weighted by Crippen LogP contribution is -2.26. The topological polar surface area (TPSA) is 50.4 Å². The van der Waals surface area contributed by atoms with Gasteiger partial charge in [-0.2, -0.15) is 0 Å². The van der Waals surface area contributed by atoms with Crippen LogP contribution in [0.5, 0.6) is 0 Å². The van der Waals surface area contributed by atoms with Gasteiger partial charge in [0, 0.05) is 11.4 Å². The van der Waals surface area contributed by atoms with E-state index in [-0.39, 0.29) is 11.4 Å². The molecule has 0 aromatic carbocycles. The molecule has 5 heteroatoms. The van der Waals surface area contributed by atoms with Gasteiger partial charge in [0.15, 0.2) is 10.8 Å². The summed E-state index contributed by atoms with van der Waals surface area (Å²) in [7, 11) is 0. The Bertz CT molecular complexity index is 513. The highest BCUT2D eigenvalue weighted by Gasteiger charge is 2.25. The van der Waals surface area contributed by atoms with Gasteiger partial charge in [-0.15, -0.1) is 10.2 Å². The molecular weight excluding hydrogens is 234 g/mol. The maximum atomic E-state index is 9.96. The van der Waals surface area contributed by atoms with Crippen LogP contribution in [0.1, 0.15) is 25.7 Å². The first-order chi connectivity index (χ1) is 8.34. The average molecular weight is 249 g/mol. The van der Waals surface area contributed by atoms with Gasteiger partial charge in [0.1, 0.15) is 0 Å². The van der Waals surface area contributed by atoms with Crippen LogP contribution in [-0.2, 0) is 0 Å². The molecular formula is C12H15N3OS. The second-order valence-corrected chi connectivity index (χ2v) is 5.63. The fourth-order valence-corrected chi connectivity index (χ4v) is 3.45. The number of nitrogens with zero attached hydrogens (tertiary/aromatic N) is 3. The van der Waals surface area contributed by atoms with Crippen molar-refractivity contribution in [3.05, 3.63) is 24.4 Å². The van der Waals surface area contributed by atoms with Crippen LogP contribution < -0.4 is 0 Å². The Balaban J connectivity index is 1.84. The average Bonchev–Trinajstić information content (AvgIpc) is 2.76. The van der Waals surface area contributed by atoms with Gasteiger partial charge in [-0.25, -0.2) is 0 Å². The maximum absolute atomic E-state index is 9.96. The van der Waals surface area contributed by atoms with Crippen LogP contribution in [-0.4, -0.2) is 31.1 Å². The number of aromatic nitrogens is 3. The lowest BCUT2D eigenvalue weighted by molar-refractivity contribution is 0.137. The molecule has 4 nitrogen and oxygen atoms in total.